The van der Waals surface area contributed by atoms with Crippen molar-refractivity contribution in [2.45, 2.75) is 0 Å². The first-order chi connectivity index (χ1) is 22.6. The largest absolute Gasteiger partial charge is 0.309 e. The third-order valence-electron chi connectivity index (χ3n) is 8.36. The summed E-state index contributed by atoms with van der Waals surface area (Å²) in [4.78, 5) is 15.1. The summed E-state index contributed by atoms with van der Waals surface area (Å²) in [6, 6.07) is 56.3. The van der Waals surface area contributed by atoms with E-state index >= 15 is 4.57 Å². The van der Waals surface area contributed by atoms with Crippen molar-refractivity contribution in [3.05, 3.63) is 170 Å². The van der Waals surface area contributed by atoms with Crippen LogP contribution < -0.4 is 15.9 Å². The van der Waals surface area contributed by atoms with Gasteiger partial charge in [0.25, 0.3) is 0 Å². The lowest BCUT2D eigenvalue weighted by molar-refractivity contribution is 0.592. The van der Waals surface area contributed by atoms with Crippen LogP contribution in [0.2, 0.25) is 0 Å². The molecule has 0 amide bonds. The van der Waals surface area contributed by atoms with Crippen LogP contribution in [0, 0.1) is 0 Å². The van der Waals surface area contributed by atoms with Crippen molar-refractivity contribution in [1.82, 2.24) is 15.0 Å². The van der Waals surface area contributed by atoms with Gasteiger partial charge < -0.3 is 4.57 Å². The fourth-order valence-corrected chi connectivity index (χ4v) is 8.68. The molecule has 218 valence electrons. The van der Waals surface area contributed by atoms with E-state index in [1.807, 2.05) is 109 Å². The van der Waals surface area contributed by atoms with Gasteiger partial charge in [-0.05, 0) is 39.7 Å². The Labute approximate surface area is 267 Å². The van der Waals surface area contributed by atoms with Crippen LogP contribution in [0.15, 0.2) is 170 Å². The number of nitrogens with zero attached hydrogens (tertiary/aromatic N) is 3. The van der Waals surface area contributed by atoms with E-state index in [2.05, 4.69) is 60.7 Å². The Bertz CT molecular complexity index is 2270. The van der Waals surface area contributed by atoms with Crippen molar-refractivity contribution in [3.63, 3.8) is 0 Å². The summed E-state index contributed by atoms with van der Waals surface area (Å²) in [6.07, 6.45) is 0. The number of benzene rings is 7. The van der Waals surface area contributed by atoms with Crippen molar-refractivity contribution in [2.75, 3.05) is 0 Å². The van der Waals surface area contributed by atoms with Crippen molar-refractivity contribution in [1.29, 1.82) is 0 Å². The van der Waals surface area contributed by atoms with E-state index in [-0.39, 0.29) is 0 Å². The second kappa shape index (κ2) is 11.7. The molecule has 8 aromatic rings. The normalized spacial score (nSPS) is 11.6. The molecule has 8 rings (SSSR count). The van der Waals surface area contributed by atoms with Gasteiger partial charge in [0.15, 0.2) is 24.6 Å². The van der Waals surface area contributed by atoms with Crippen molar-refractivity contribution in [3.8, 4) is 34.2 Å². The molecule has 0 spiro atoms. The van der Waals surface area contributed by atoms with Gasteiger partial charge in [-0.25, -0.2) is 15.0 Å². The standard InChI is InChI=1S/C41H28N3OP/c45-46(36-17-3-1-4-18-36,37-19-5-2-6-20-37)38-21-11-16-33(28-38)39-42-40(34-24-22-29-12-7-9-14-31(29)26-34)44-41(43-39)35-25-23-30-13-8-10-15-32(30)27-35/h1-28H. The summed E-state index contributed by atoms with van der Waals surface area (Å²) in [5.41, 5.74) is 2.58. The van der Waals surface area contributed by atoms with Crippen molar-refractivity contribution in [2.24, 2.45) is 0 Å². The second-order valence-electron chi connectivity index (χ2n) is 11.3. The average Bonchev–Trinajstić information content (AvgIpc) is 3.14. The van der Waals surface area contributed by atoms with Crippen molar-refractivity contribution >= 4 is 44.6 Å². The van der Waals surface area contributed by atoms with Gasteiger partial charge >= 0.3 is 0 Å². The van der Waals surface area contributed by atoms with Gasteiger partial charge in [-0.15, -0.1) is 0 Å². The van der Waals surface area contributed by atoms with Crippen LogP contribution in [-0.2, 0) is 4.57 Å². The third-order valence-corrected chi connectivity index (χ3v) is 11.4. The summed E-state index contributed by atoms with van der Waals surface area (Å²) < 4.78 is 15.2. The summed E-state index contributed by atoms with van der Waals surface area (Å²) in [5, 5.41) is 6.82. The SMILES string of the molecule is O=P(c1ccccc1)(c1ccccc1)c1cccc(-c2nc(-c3ccc4ccccc4c3)nc(-c3ccc4ccccc4c3)n2)c1. The first kappa shape index (κ1) is 27.8. The monoisotopic (exact) mass is 609 g/mol. The zero-order valence-corrected chi connectivity index (χ0v) is 25.8. The highest BCUT2D eigenvalue weighted by atomic mass is 31.2. The molecule has 0 radical (unpaired) electrons. The molecule has 46 heavy (non-hydrogen) atoms. The van der Waals surface area contributed by atoms with E-state index in [4.69, 9.17) is 15.0 Å². The lowest BCUT2D eigenvalue weighted by Crippen LogP contribution is -2.25. The minimum Gasteiger partial charge on any atom is -0.309 e. The average molecular weight is 610 g/mol. The van der Waals surface area contributed by atoms with Gasteiger partial charge in [0.1, 0.15) is 0 Å². The van der Waals surface area contributed by atoms with Gasteiger partial charge in [-0.3, -0.25) is 0 Å². The number of hydrogen-bond donors (Lipinski definition) is 0. The molecular formula is C41H28N3OP. The molecule has 0 aliphatic rings. The minimum atomic E-state index is -3.19. The maximum absolute atomic E-state index is 15.2. The summed E-state index contributed by atoms with van der Waals surface area (Å²) in [7, 11) is -3.19. The lowest BCUT2D eigenvalue weighted by atomic mass is 10.1. The molecule has 0 N–H and O–H groups in total. The molecule has 0 unspecified atom stereocenters. The van der Waals surface area contributed by atoms with Crippen LogP contribution >= 0.6 is 7.14 Å². The van der Waals surface area contributed by atoms with E-state index in [9.17, 15) is 0 Å². The first-order valence-electron chi connectivity index (χ1n) is 15.2. The minimum absolute atomic E-state index is 0.524. The van der Waals surface area contributed by atoms with E-state index in [1.54, 1.807) is 0 Å². The molecule has 0 bridgehead atoms. The fraction of sp³-hybridized carbons (Fsp3) is 0. The maximum atomic E-state index is 15.2. The zero-order chi connectivity index (χ0) is 30.9. The van der Waals surface area contributed by atoms with E-state index in [0.29, 0.717) is 17.5 Å². The molecular weight excluding hydrogens is 581 g/mol. The van der Waals surface area contributed by atoms with Gasteiger partial charge in [0, 0.05) is 32.6 Å². The molecule has 5 heteroatoms. The maximum Gasteiger partial charge on any atom is 0.171 e. The second-order valence-corrected chi connectivity index (χ2v) is 14.0. The first-order valence-corrected chi connectivity index (χ1v) is 16.9. The Hall–Kier alpha value is -5.70. The number of hydrogen-bond acceptors (Lipinski definition) is 4. The summed E-state index contributed by atoms with van der Waals surface area (Å²) >= 11 is 0. The molecule has 7 aromatic carbocycles. The molecule has 0 aliphatic carbocycles. The van der Waals surface area contributed by atoms with Crippen LogP contribution in [0.25, 0.3) is 55.7 Å². The van der Waals surface area contributed by atoms with E-state index in [1.165, 1.54) is 0 Å². The van der Waals surface area contributed by atoms with Crippen molar-refractivity contribution < 1.29 is 4.57 Å². The quantitative estimate of drug-likeness (QED) is 0.177. The topological polar surface area (TPSA) is 55.7 Å². The zero-order valence-electron chi connectivity index (χ0n) is 24.9. The highest BCUT2D eigenvalue weighted by Gasteiger charge is 2.30. The smallest absolute Gasteiger partial charge is 0.171 e. The van der Waals surface area contributed by atoms with Gasteiger partial charge in [-0.1, -0.05) is 152 Å². The number of fused-ring (bicyclic) bond motifs is 2. The van der Waals surface area contributed by atoms with Crippen LogP contribution in [0.1, 0.15) is 0 Å². The van der Waals surface area contributed by atoms with Gasteiger partial charge in [-0.2, -0.15) is 0 Å². The van der Waals surface area contributed by atoms with Crippen LogP contribution in [0.4, 0.5) is 0 Å². The fourth-order valence-electron chi connectivity index (χ4n) is 5.98. The summed E-state index contributed by atoms with van der Waals surface area (Å²) in [5.74, 6) is 1.69. The van der Waals surface area contributed by atoms with Crippen LogP contribution in [0.5, 0.6) is 0 Å². The number of rotatable bonds is 6. The highest BCUT2D eigenvalue weighted by Crippen LogP contribution is 2.43. The molecule has 0 saturated heterocycles. The van der Waals surface area contributed by atoms with Crippen LogP contribution in [-0.4, -0.2) is 15.0 Å². The molecule has 4 nitrogen and oxygen atoms in total. The third kappa shape index (κ3) is 5.09. The van der Waals surface area contributed by atoms with E-state index in [0.717, 1.165) is 54.1 Å². The molecule has 0 saturated carbocycles. The van der Waals surface area contributed by atoms with Gasteiger partial charge in [0.05, 0.1) is 0 Å². The molecule has 0 fully saturated rings. The highest BCUT2D eigenvalue weighted by molar-refractivity contribution is 7.85. The molecule has 1 aromatic heterocycles. The Morgan fingerprint density at radius 3 is 1.20 bits per heavy atom. The molecule has 0 atom stereocenters. The summed E-state index contributed by atoms with van der Waals surface area (Å²) in [6.45, 7) is 0. The Kier molecular flexibility index (Phi) is 7.05. The Morgan fingerprint density at radius 1 is 0.326 bits per heavy atom. The lowest BCUT2D eigenvalue weighted by Gasteiger charge is -2.20. The Morgan fingerprint density at radius 2 is 0.717 bits per heavy atom. The predicted octanol–water partition coefficient (Wildman–Crippen LogP) is 8.82. The molecule has 0 aliphatic heterocycles. The number of aromatic nitrogens is 3. The predicted molar refractivity (Wildman–Crippen MR) is 191 cm³/mol. The molecule has 1 heterocycles. The van der Waals surface area contributed by atoms with E-state index < -0.39 is 7.14 Å². The Balaban J connectivity index is 1.32. The van der Waals surface area contributed by atoms with Crippen LogP contribution in [0.3, 0.4) is 0 Å². The van der Waals surface area contributed by atoms with Gasteiger partial charge in [0.2, 0.25) is 0 Å².